The highest BCUT2D eigenvalue weighted by atomic mass is 16.3. The zero-order valence-corrected chi connectivity index (χ0v) is 8.07. The maximum atomic E-state index is 8.70. The van der Waals surface area contributed by atoms with E-state index in [0.29, 0.717) is 5.76 Å². The van der Waals surface area contributed by atoms with Crippen LogP contribution >= 0.6 is 0 Å². The number of furan rings is 2. The van der Waals surface area contributed by atoms with Gasteiger partial charge in [-0.05, 0) is 25.1 Å². The molecule has 2 heterocycles. The Hall–Kier alpha value is -2.21. The van der Waals surface area contributed by atoms with Gasteiger partial charge in [-0.25, -0.2) is 0 Å². The van der Waals surface area contributed by atoms with E-state index in [-0.39, 0.29) is 0 Å². The molecule has 3 aromatic rings. The molecule has 0 unspecified atom stereocenters. The quantitative estimate of drug-likeness (QED) is 0.555. The second-order valence-corrected chi connectivity index (χ2v) is 3.51. The molecule has 0 saturated carbocycles. The monoisotopic (exact) mass is 197 g/mol. The molecule has 72 valence electrons. The molecule has 0 atom stereocenters. The van der Waals surface area contributed by atoms with Crippen molar-refractivity contribution in [2.75, 3.05) is 0 Å². The van der Waals surface area contributed by atoms with E-state index in [1.807, 2.05) is 31.2 Å². The average molecular weight is 197 g/mol. The number of nitriles is 1. The van der Waals surface area contributed by atoms with Crippen molar-refractivity contribution in [2.45, 2.75) is 6.92 Å². The van der Waals surface area contributed by atoms with Gasteiger partial charge in [0.2, 0.25) is 5.76 Å². The molecule has 1 aromatic carbocycles. The Labute approximate surface area is 85.5 Å². The first kappa shape index (κ1) is 8.13. The topological polar surface area (TPSA) is 50.1 Å². The Morgan fingerprint density at radius 2 is 1.67 bits per heavy atom. The van der Waals surface area contributed by atoms with Crippen LogP contribution < -0.4 is 0 Å². The molecule has 3 rings (SSSR count). The molecule has 0 aliphatic rings. The second-order valence-electron chi connectivity index (χ2n) is 3.51. The van der Waals surface area contributed by atoms with Crippen LogP contribution in [0.4, 0.5) is 0 Å². The van der Waals surface area contributed by atoms with Gasteiger partial charge >= 0.3 is 0 Å². The molecule has 0 aliphatic heterocycles. The Balaban J connectivity index is 2.43. The summed E-state index contributed by atoms with van der Waals surface area (Å²) in [6.45, 7) is 1.91. The lowest BCUT2D eigenvalue weighted by molar-refractivity contribution is 0.578. The molecule has 2 aromatic heterocycles. The lowest BCUT2D eigenvalue weighted by Crippen LogP contribution is -1.63. The molecule has 0 aliphatic carbocycles. The van der Waals surface area contributed by atoms with Crippen molar-refractivity contribution >= 4 is 21.9 Å². The first-order valence-corrected chi connectivity index (χ1v) is 4.60. The fourth-order valence-electron chi connectivity index (χ4n) is 1.76. The van der Waals surface area contributed by atoms with Crippen molar-refractivity contribution in [1.29, 1.82) is 5.26 Å². The number of fused-ring (bicyclic) bond motifs is 2. The van der Waals surface area contributed by atoms with E-state index in [9.17, 15) is 0 Å². The van der Waals surface area contributed by atoms with Crippen LogP contribution in [-0.4, -0.2) is 0 Å². The highest BCUT2D eigenvalue weighted by Crippen LogP contribution is 2.27. The molecular weight excluding hydrogens is 190 g/mol. The van der Waals surface area contributed by atoms with Crippen LogP contribution in [0.3, 0.4) is 0 Å². The fraction of sp³-hybridized carbons (Fsp3) is 0.0833. The lowest BCUT2D eigenvalue weighted by Gasteiger charge is -1.87. The smallest absolute Gasteiger partial charge is 0.204 e. The SMILES string of the molecule is Cc1cc2cc3oc(C#N)cc3cc2o1. The Morgan fingerprint density at radius 1 is 1.00 bits per heavy atom. The highest BCUT2D eigenvalue weighted by Gasteiger charge is 2.07. The van der Waals surface area contributed by atoms with Gasteiger partial charge in [0.25, 0.3) is 0 Å². The van der Waals surface area contributed by atoms with Crippen molar-refractivity contribution in [3.05, 3.63) is 35.8 Å². The minimum atomic E-state index is 0.328. The van der Waals surface area contributed by atoms with Crippen LogP contribution in [0, 0.1) is 18.3 Å². The van der Waals surface area contributed by atoms with Gasteiger partial charge in [-0.3, -0.25) is 0 Å². The van der Waals surface area contributed by atoms with Gasteiger partial charge in [-0.15, -0.1) is 0 Å². The predicted molar refractivity (Wildman–Crippen MR) is 55.4 cm³/mol. The number of nitrogens with zero attached hydrogens (tertiary/aromatic N) is 1. The first-order chi connectivity index (χ1) is 7.26. The second kappa shape index (κ2) is 2.64. The molecule has 15 heavy (non-hydrogen) atoms. The molecule has 0 amide bonds. The fourth-order valence-corrected chi connectivity index (χ4v) is 1.76. The first-order valence-electron chi connectivity index (χ1n) is 4.60. The minimum absolute atomic E-state index is 0.328. The molecular formula is C12H7NO2. The summed E-state index contributed by atoms with van der Waals surface area (Å²) in [5.74, 6) is 1.20. The van der Waals surface area contributed by atoms with E-state index in [1.165, 1.54) is 0 Å². The summed E-state index contributed by atoms with van der Waals surface area (Å²) >= 11 is 0. The van der Waals surface area contributed by atoms with Crippen LogP contribution in [0.1, 0.15) is 11.5 Å². The maximum absolute atomic E-state index is 8.70. The number of benzene rings is 1. The molecule has 0 saturated heterocycles. The number of rotatable bonds is 0. The van der Waals surface area contributed by atoms with Gasteiger partial charge in [-0.1, -0.05) is 0 Å². The van der Waals surface area contributed by atoms with E-state index >= 15 is 0 Å². The zero-order valence-electron chi connectivity index (χ0n) is 8.07. The average Bonchev–Trinajstić information content (AvgIpc) is 2.74. The van der Waals surface area contributed by atoms with Crippen molar-refractivity contribution in [3.8, 4) is 6.07 Å². The number of aryl methyl sites for hydroxylation is 1. The minimum Gasteiger partial charge on any atom is -0.461 e. The van der Waals surface area contributed by atoms with Gasteiger partial charge in [0.1, 0.15) is 23.0 Å². The van der Waals surface area contributed by atoms with E-state index in [1.54, 1.807) is 6.07 Å². The summed E-state index contributed by atoms with van der Waals surface area (Å²) in [5, 5.41) is 10.6. The molecule has 0 N–H and O–H groups in total. The molecule has 3 heteroatoms. The van der Waals surface area contributed by atoms with E-state index in [0.717, 1.165) is 27.7 Å². The van der Waals surface area contributed by atoms with Crippen LogP contribution in [0.25, 0.3) is 21.9 Å². The van der Waals surface area contributed by atoms with E-state index < -0.39 is 0 Å². The normalized spacial score (nSPS) is 10.9. The summed E-state index contributed by atoms with van der Waals surface area (Å²) in [5.41, 5.74) is 1.55. The standard InChI is InChI=1S/C12H7NO2/c1-7-2-8-4-12-9(5-11(8)14-7)3-10(6-13)15-12/h2-5H,1H3. The van der Waals surface area contributed by atoms with Gasteiger partial charge in [0.15, 0.2) is 0 Å². The Kier molecular flexibility index (Phi) is 1.43. The molecule has 0 spiro atoms. The molecule has 0 radical (unpaired) electrons. The Bertz CT molecular complexity index is 646. The van der Waals surface area contributed by atoms with Crippen LogP contribution in [0.15, 0.2) is 33.1 Å². The zero-order chi connectivity index (χ0) is 10.4. The van der Waals surface area contributed by atoms with Crippen LogP contribution in [0.2, 0.25) is 0 Å². The lowest BCUT2D eigenvalue weighted by atomic mass is 10.2. The molecule has 3 nitrogen and oxygen atoms in total. The summed E-state index contributed by atoms with van der Waals surface area (Å²) < 4.78 is 10.8. The van der Waals surface area contributed by atoms with E-state index in [2.05, 4.69) is 0 Å². The summed E-state index contributed by atoms with van der Waals surface area (Å²) in [4.78, 5) is 0. The third-order valence-corrected chi connectivity index (χ3v) is 2.39. The third kappa shape index (κ3) is 1.12. The summed E-state index contributed by atoms with van der Waals surface area (Å²) in [7, 11) is 0. The largest absolute Gasteiger partial charge is 0.461 e. The summed E-state index contributed by atoms with van der Waals surface area (Å²) in [6, 6.07) is 9.42. The van der Waals surface area contributed by atoms with E-state index in [4.69, 9.17) is 14.1 Å². The highest BCUT2D eigenvalue weighted by molar-refractivity contribution is 5.94. The molecule has 0 bridgehead atoms. The van der Waals surface area contributed by atoms with Crippen molar-refractivity contribution in [2.24, 2.45) is 0 Å². The third-order valence-electron chi connectivity index (χ3n) is 2.39. The van der Waals surface area contributed by atoms with Crippen molar-refractivity contribution in [3.63, 3.8) is 0 Å². The van der Waals surface area contributed by atoms with Gasteiger partial charge in [0.05, 0.1) is 0 Å². The van der Waals surface area contributed by atoms with Crippen LogP contribution in [0.5, 0.6) is 0 Å². The van der Waals surface area contributed by atoms with Gasteiger partial charge < -0.3 is 8.83 Å². The van der Waals surface area contributed by atoms with Crippen LogP contribution in [-0.2, 0) is 0 Å². The van der Waals surface area contributed by atoms with Crippen molar-refractivity contribution in [1.82, 2.24) is 0 Å². The summed E-state index contributed by atoms with van der Waals surface area (Å²) in [6.07, 6.45) is 0. The number of hydrogen-bond donors (Lipinski definition) is 0. The van der Waals surface area contributed by atoms with Crippen molar-refractivity contribution < 1.29 is 8.83 Å². The van der Waals surface area contributed by atoms with Gasteiger partial charge in [-0.2, -0.15) is 5.26 Å². The number of hydrogen-bond acceptors (Lipinski definition) is 3. The molecule has 0 fully saturated rings. The maximum Gasteiger partial charge on any atom is 0.204 e. The predicted octanol–water partition coefficient (Wildman–Crippen LogP) is 3.36. The van der Waals surface area contributed by atoms with Gasteiger partial charge in [0, 0.05) is 16.8 Å². The Morgan fingerprint density at radius 3 is 2.40 bits per heavy atom.